The van der Waals surface area contributed by atoms with Crippen LogP contribution in [0.2, 0.25) is 0 Å². The van der Waals surface area contributed by atoms with Gasteiger partial charge in [0.15, 0.2) is 0 Å². The molecule has 0 atom stereocenters. The molecule has 0 rings (SSSR count). The van der Waals surface area contributed by atoms with Gasteiger partial charge in [-0.1, -0.05) is 0 Å². The molecule has 0 spiro atoms. The quantitative estimate of drug-likeness (QED) is 0.208. The summed E-state index contributed by atoms with van der Waals surface area (Å²) in [7, 11) is 1.00. The van der Waals surface area contributed by atoms with Crippen molar-refractivity contribution in [2.45, 2.75) is 12.5 Å². The average Bonchev–Trinajstić information content (AvgIpc) is 2.30. The zero-order valence-corrected chi connectivity index (χ0v) is 9.63. The number of hydrogen-bond acceptors (Lipinski definition) is 7. The molecular formula is C8H18O10. The first kappa shape index (κ1) is 25.2. The number of hydrogen-bond donors (Lipinski definition) is 7. The fourth-order valence-corrected chi connectivity index (χ4v) is 0.187. The smallest absolute Gasteiger partial charge is 0.314 e. The molecule has 10 heteroatoms. The maximum absolute atomic E-state index is 9.43. The molecule has 0 aliphatic rings. The van der Waals surface area contributed by atoms with Crippen molar-refractivity contribution in [2.75, 3.05) is 20.3 Å². The number of carbonyl (C=O) groups is 3. The molecule has 0 amide bonds. The second-order valence-corrected chi connectivity index (χ2v) is 2.09. The van der Waals surface area contributed by atoms with Gasteiger partial charge in [0.1, 0.15) is 12.5 Å². The minimum atomic E-state index is -1.31. The summed E-state index contributed by atoms with van der Waals surface area (Å²) in [6, 6.07) is 0. The highest BCUT2D eigenvalue weighted by atomic mass is 16.4. The predicted octanol–water partition coefficient (Wildman–Crippen LogP) is -2.81. The van der Waals surface area contributed by atoms with Crippen LogP contribution in [-0.4, -0.2) is 80.6 Å². The molecular weight excluding hydrogens is 256 g/mol. The monoisotopic (exact) mass is 274 g/mol. The van der Waals surface area contributed by atoms with Crippen LogP contribution in [0.5, 0.6) is 0 Å². The standard InChI is InChI=1S/C3H4O4.C3H8O3.CH2O2.CH4O/c4-2(5)1-3(6)7;4-1-3(6)2-5;2-1-3;1-2/h1H2,(H,4,5)(H,6,7);3-6H,1-2H2;1H,(H,2,3);2H,1H3. The first-order chi connectivity index (χ1) is 8.35. The predicted molar refractivity (Wildman–Crippen MR) is 56.9 cm³/mol. The van der Waals surface area contributed by atoms with E-state index in [0.29, 0.717) is 0 Å². The van der Waals surface area contributed by atoms with Crippen molar-refractivity contribution in [3.63, 3.8) is 0 Å². The Morgan fingerprint density at radius 2 is 1.28 bits per heavy atom. The van der Waals surface area contributed by atoms with E-state index in [0.717, 1.165) is 7.11 Å². The molecule has 110 valence electrons. The van der Waals surface area contributed by atoms with E-state index in [1.54, 1.807) is 0 Å². The van der Waals surface area contributed by atoms with Gasteiger partial charge in [-0.15, -0.1) is 0 Å². The molecule has 0 radical (unpaired) electrons. The SMILES string of the molecule is CO.O=C(O)CC(=O)O.O=CO.OCC(O)CO. The van der Waals surface area contributed by atoms with E-state index in [9.17, 15) is 9.59 Å². The van der Waals surface area contributed by atoms with Crippen molar-refractivity contribution in [2.24, 2.45) is 0 Å². The van der Waals surface area contributed by atoms with Crippen molar-refractivity contribution >= 4 is 18.4 Å². The Bertz CT molecular complexity index is 176. The largest absolute Gasteiger partial charge is 0.483 e. The van der Waals surface area contributed by atoms with Crippen molar-refractivity contribution in [3.8, 4) is 0 Å². The topological polar surface area (TPSA) is 193 Å². The van der Waals surface area contributed by atoms with Gasteiger partial charge in [-0.3, -0.25) is 14.4 Å². The van der Waals surface area contributed by atoms with Gasteiger partial charge in [0.05, 0.1) is 13.2 Å². The molecule has 0 saturated heterocycles. The zero-order valence-electron chi connectivity index (χ0n) is 9.63. The lowest BCUT2D eigenvalue weighted by molar-refractivity contribution is -0.147. The van der Waals surface area contributed by atoms with Gasteiger partial charge in [-0.25, -0.2) is 0 Å². The van der Waals surface area contributed by atoms with E-state index in [2.05, 4.69) is 0 Å². The molecule has 0 saturated carbocycles. The fraction of sp³-hybridized carbons (Fsp3) is 0.625. The number of carboxylic acids is 2. The second-order valence-electron chi connectivity index (χ2n) is 2.09. The highest BCUT2D eigenvalue weighted by Gasteiger charge is 2.01. The summed E-state index contributed by atoms with van der Waals surface area (Å²) >= 11 is 0. The molecule has 0 aliphatic heterocycles. The van der Waals surface area contributed by atoms with E-state index in [1.807, 2.05) is 0 Å². The summed E-state index contributed by atoms with van der Waals surface area (Å²) in [6.07, 6.45) is -1.76. The zero-order chi connectivity index (χ0) is 15.6. The number of aliphatic hydroxyl groups excluding tert-OH is 4. The lowest BCUT2D eigenvalue weighted by atomic mass is 10.4. The van der Waals surface area contributed by atoms with Crippen LogP contribution in [0.15, 0.2) is 0 Å². The Kier molecular flexibility index (Phi) is 34.2. The van der Waals surface area contributed by atoms with Crippen LogP contribution in [0.25, 0.3) is 0 Å². The minimum absolute atomic E-state index is 0.250. The molecule has 0 bridgehead atoms. The van der Waals surface area contributed by atoms with Gasteiger partial charge >= 0.3 is 11.9 Å². The third-order valence-electron chi connectivity index (χ3n) is 0.724. The van der Waals surface area contributed by atoms with Gasteiger partial charge in [-0.2, -0.15) is 0 Å². The number of rotatable bonds is 4. The maximum atomic E-state index is 9.43. The van der Waals surface area contributed by atoms with Crippen molar-refractivity contribution in [3.05, 3.63) is 0 Å². The number of carboxylic acid groups (broad SMARTS) is 3. The van der Waals surface area contributed by atoms with Crippen LogP contribution in [0.3, 0.4) is 0 Å². The van der Waals surface area contributed by atoms with Crippen LogP contribution in [0, 0.1) is 0 Å². The summed E-state index contributed by atoms with van der Waals surface area (Å²) in [6.45, 7) is -0.979. The maximum Gasteiger partial charge on any atom is 0.314 e. The Labute approximate surface area is 102 Å². The number of aliphatic carboxylic acids is 2. The molecule has 0 heterocycles. The van der Waals surface area contributed by atoms with Gasteiger partial charge < -0.3 is 35.7 Å². The van der Waals surface area contributed by atoms with Crippen LogP contribution in [0.4, 0.5) is 0 Å². The fourth-order valence-electron chi connectivity index (χ4n) is 0.187. The molecule has 10 nitrogen and oxygen atoms in total. The Balaban J connectivity index is -0.0000000811. The Hall–Kier alpha value is -1.75. The van der Waals surface area contributed by atoms with Gasteiger partial charge in [-0.05, 0) is 0 Å². The Morgan fingerprint density at radius 3 is 1.28 bits per heavy atom. The third kappa shape index (κ3) is 64.0. The van der Waals surface area contributed by atoms with Crippen molar-refractivity contribution in [1.29, 1.82) is 0 Å². The van der Waals surface area contributed by atoms with Crippen LogP contribution < -0.4 is 0 Å². The molecule has 0 aromatic heterocycles. The van der Waals surface area contributed by atoms with Gasteiger partial charge in [0.2, 0.25) is 0 Å². The Morgan fingerprint density at radius 1 is 1.06 bits per heavy atom. The summed E-state index contributed by atoms with van der Waals surface area (Å²) in [5, 5.41) is 53.3. The lowest BCUT2D eigenvalue weighted by Gasteiger charge is -1.96. The first-order valence-corrected chi connectivity index (χ1v) is 4.21. The first-order valence-electron chi connectivity index (χ1n) is 4.21. The van der Waals surface area contributed by atoms with E-state index in [4.69, 9.17) is 40.5 Å². The summed E-state index contributed by atoms with van der Waals surface area (Å²) in [5.74, 6) is -2.62. The highest BCUT2D eigenvalue weighted by molar-refractivity contribution is 5.88. The van der Waals surface area contributed by atoms with E-state index in [-0.39, 0.29) is 19.7 Å². The minimum Gasteiger partial charge on any atom is -0.483 e. The third-order valence-corrected chi connectivity index (χ3v) is 0.724. The molecule has 0 fully saturated rings. The average molecular weight is 274 g/mol. The lowest BCUT2D eigenvalue weighted by Crippen LogP contribution is -2.15. The molecule has 0 unspecified atom stereocenters. The molecule has 7 N–H and O–H groups in total. The molecule has 18 heavy (non-hydrogen) atoms. The molecule has 0 aliphatic carbocycles. The van der Waals surface area contributed by atoms with Crippen molar-refractivity contribution in [1.82, 2.24) is 0 Å². The molecule has 0 aromatic rings. The summed E-state index contributed by atoms with van der Waals surface area (Å²) < 4.78 is 0. The van der Waals surface area contributed by atoms with Gasteiger partial charge in [0.25, 0.3) is 6.47 Å². The van der Waals surface area contributed by atoms with Crippen molar-refractivity contribution < 1.29 is 50.1 Å². The summed E-state index contributed by atoms with van der Waals surface area (Å²) in [5.41, 5.74) is 0. The van der Waals surface area contributed by atoms with E-state index < -0.39 is 24.5 Å². The second kappa shape index (κ2) is 24.5. The van der Waals surface area contributed by atoms with Crippen LogP contribution in [-0.2, 0) is 14.4 Å². The number of aliphatic hydroxyl groups is 4. The van der Waals surface area contributed by atoms with Crippen LogP contribution in [0.1, 0.15) is 6.42 Å². The van der Waals surface area contributed by atoms with Gasteiger partial charge in [0, 0.05) is 7.11 Å². The summed E-state index contributed by atoms with van der Waals surface area (Å²) in [4.78, 5) is 27.2. The van der Waals surface area contributed by atoms with E-state index >= 15 is 0 Å². The normalized spacial score (nSPS) is 7.44. The van der Waals surface area contributed by atoms with E-state index in [1.165, 1.54) is 0 Å². The van der Waals surface area contributed by atoms with Crippen LogP contribution >= 0.6 is 0 Å². The highest BCUT2D eigenvalue weighted by Crippen LogP contribution is 1.74. The molecule has 0 aromatic carbocycles.